The van der Waals surface area contributed by atoms with E-state index in [9.17, 15) is 18.0 Å². The first-order chi connectivity index (χ1) is 13.3. The summed E-state index contributed by atoms with van der Waals surface area (Å²) in [7, 11) is 0. The van der Waals surface area contributed by atoms with E-state index in [4.69, 9.17) is 16.7 Å². The molecule has 0 saturated heterocycles. The lowest BCUT2D eigenvalue weighted by Crippen LogP contribution is -2.22. The van der Waals surface area contributed by atoms with E-state index in [0.29, 0.717) is 27.5 Å². The van der Waals surface area contributed by atoms with E-state index in [1.54, 1.807) is 39.8 Å². The van der Waals surface area contributed by atoms with Crippen molar-refractivity contribution in [1.82, 2.24) is 9.61 Å². The second-order valence-electron chi connectivity index (χ2n) is 7.19. The van der Waals surface area contributed by atoms with Crippen LogP contribution in [0.5, 0.6) is 0 Å². The van der Waals surface area contributed by atoms with Crippen LogP contribution in [0.15, 0.2) is 30.5 Å². The van der Waals surface area contributed by atoms with Crippen molar-refractivity contribution in [2.24, 2.45) is 0 Å². The second-order valence-corrected chi connectivity index (χ2v) is 8.90. The van der Waals surface area contributed by atoms with Gasteiger partial charge >= 0.3 is 6.18 Å². The fourth-order valence-corrected chi connectivity index (χ4v) is 3.85. The maximum absolute atomic E-state index is 12.8. The van der Waals surface area contributed by atoms with Crippen molar-refractivity contribution in [2.75, 3.05) is 0 Å². The molecule has 158 valence electrons. The first-order valence-electron chi connectivity index (χ1n) is 8.88. The fraction of sp³-hybridized carbons (Fsp3) is 0.400. The van der Waals surface area contributed by atoms with Gasteiger partial charge in [0.05, 0.1) is 26.7 Å². The summed E-state index contributed by atoms with van der Waals surface area (Å²) in [6, 6.07) is 5.64. The minimum Gasteiger partial charge on any atom is -0.390 e. The van der Waals surface area contributed by atoms with Gasteiger partial charge in [0.15, 0.2) is 0 Å². The molecule has 0 spiro atoms. The molecule has 3 aromatic rings. The number of aryl methyl sites for hydroxylation is 1. The molecule has 0 atom stereocenters. The number of hydrogen-bond acceptors (Lipinski definition) is 4. The number of nitrogens with zero attached hydrogens (tertiary/aromatic N) is 2. The highest BCUT2D eigenvalue weighted by Crippen LogP contribution is 2.37. The largest absolute Gasteiger partial charge is 0.416 e. The first-order valence-corrected chi connectivity index (χ1v) is 10.1. The molecular formula is C20H22ClF3N2O2S. The number of hydrogen-bond donors (Lipinski definition) is 1. The molecule has 4 nitrogen and oxygen atoms in total. The van der Waals surface area contributed by atoms with Crippen LogP contribution < -0.4 is 0 Å². The highest BCUT2D eigenvalue weighted by atomic mass is 35.5. The van der Waals surface area contributed by atoms with Gasteiger partial charge in [0.25, 0.3) is 0 Å². The lowest BCUT2D eigenvalue weighted by molar-refractivity contribution is -0.137. The zero-order valence-electron chi connectivity index (χ0n) is 16.5. The van der Waals surface area contributed by atoms with E-state index in [2.05, 4.69) is 5.10 Å². The number of halogens is 4. The number of carbonyl (C=O) groups excluding carboxylic acids is 1. The minimum atomic E-state index is -4.37. The van der Waals surface area contributed by atoms with Gasteiger partial charge in [-0.1, -0.05) is 18.5 Å². The molecule has 29 heavy (non-hydrogen) atoms. The van der Waals surface area contributed by atoms with E-state index in [1.807, 2.05) is 0 Å². The van der Waals surface area contributed by atoms with Gasteiger partial charge in [0.1, 0.15) is 5.78 Å². The average Bonchev–Trinajstić information content (AvgIpc) is 3.14. The summed E-state index contributed by atoms with van der Waals surface area (Å²) in [4.78, 5) is 11.5. The molecule has 0 fully saturated rings. The number of thiophene rings is 1. The van der Waals surface area contributed by atoms with Crippen molar-refractivity contribution >= 4 is 34.2 Å². The summed E-state index contributed by atoms with van der Waals surface area (Å²) in [5.41, 5.74) is 0.271. The summed E-state index contributed by atoms with van der Waals surface area (Å²) in [6.45, 7) is 6.85. The highest BCUT2D eigenvalue weighted by molar-refractivity contribution is 7.19. The smallest absolute Gasteiger partial charge is 0.390 e. The van der Waals surface area contributed by atoms with E-state index in [1.165, 1.54) is 22.0 Å². The second kappa shape index (κ2) is 8.85. The third-order valence-corrected chi connectivity index (χ3v) is 5.23. The predicted octanol–water partition coefficient (Wildman–Crippen LogP) is 6.17. The Kier molecular flexibility index (Phi) is 7.14. The van der Waals surface area contributed by atoms with Gasteiger partial charge < -0.3 is 5.11 Å². The van der Waals surface area contributed by atoms with Crippen LogP contribution in [0.25, 0.3) is 16.0 Å². The quantitative estimate of drug-likeness (QED) is 0.521. The van der Waals surface area contributed by atoms with Gasteiger partial charge in [-0.15, -0.1) is 11.3 Å². The molecule has 0 saturated carbocycles. The Labute approximate surface area is 175 Å². The van der Waals surface area contributed by atoms with Gasteiger partial charge in [0.2, 0.25) is 0 Å². The molecule has 1 N–H and O–H groups in total. The molecule has 0 radical (unpaired) electrons. The molecule has 3 heterocycles. The van der Waals surface area contributed by atoms with Crippen LogP contribution in [0, 0.1) is 6.92 Å². The Balaban J connectivity index is 0.000000284. The molecule has 0 unspecified atom stereocenters. The maximum Gasteiger partial charge on any atom is 0.416 e. The maximum atomic E-state index is 12.8. The van der Waals surface area contributed by atoms with Gasteiger partial charge in [-0.05, 0) is 45.0 Å². The standard InChI is InChI=1S/C13H8ClF3N2S.C7H14O2/c1-7-12(10-2-3-11(14)20-10)9-6-8(13(15,16)17)4-5-19(9)18-7;1-4-6(8)5-7(2,3)9/h2-6H,1H3;9H,4-5H2,1-3H3. The van der Waals surface area contributed by atoms with Crippen molar-refractivity contribution in [1.29, 1.82) is 0 Å². The Morgan fingerprint density at radius 1 is 1.28 bits per heavy atom. The van der Waals surface area contributed by atoms with Crippen molar-refractivity contribution in [2.45, 2.75) is 52.3 Å². The van der Waals surface area contributed by atoms with Crippen LogP contribution in [0.3, 0.4) is 0 Å². The normalized spacial score (nSPS) is 12.0. The molecule has 3 rings (SSSR count). The number of alkyl halides is 3. The van der Waals surface area contributed by atoms with Gasteiger partial charge in [-0.2, -0.15) is 18.3 Å². The van der Waals surface area contributed by atoms with Crippen LogP contribution >= 0.6 is 22.9 Å². The number of aliphatic hydroxyl groups is 1. The van der Waals surface area contributed by atoms with Crippen molar-refractivity contribution in [3.8, 4) is 10.4 Å². The molecule has 9 heteroatoms. The summed E-state index contributed by atoms with van der Waals surface area (Å²) in [5, 5.41) is 13.3. The van der Waals surface area contributed by atoms with E-state index < -0.39 is 17.3 Å². The summed E-state index contributed by atoms with van der Waals surface area (Å²) < 4.78 is 40.5. The van der Waals surface area contributed by atoms with Crippen molar-refractivity contribution in [3.05, 3.63) is 46.1 Å². The Bertz CT molecular complexity index is 1000. The molecule has 0 bridgehead atoms. The van der Waals surface area contributed by atoms with Crippen LogP contribution in [-0.2, 0) is 11.0 Å². The van der Waals surface area contributed by atoms with Gasteiger partial charge in [-0.25, -0.2) is 4.52 Å². The predicted molar refractivity (Wildman–Crippen MR) is 109 cm³/mol. The van der Waals surface area contributed by atoms with Gasteiger partial charge in [0, 0.05) is 29.5 Å². The lowest BCUT2D eigenvalue weighted by Gasteiger charge is -2.14. The molecule has 3 aromatic heterocycles. The lowest BCUT2D eigenvalue weighted by atomic mass is 10.0. The Hall–Kier alpha value is -1.90. The number of rotatable bonds is 4. The van der Waals surface area contributed by atoms with Gasteiger partial charge in [-0.3, -0.25) is 4.79 Å². The zero-order chi connectivity index (χ0) is 22.0. The van der Waals surface area contributed by atoms with Crippen molar-refractivity contribution in [3.63, 3.8) is 0 Å². The number of carbonyl (C=O) groups is 1. The molecular weight excluding hydrogens is 425 g/mol. The molecule has 0 aliphatic heterocycles. The summed E-state index contributed by atoms with van der Waals surface area (Å²) in [6.07, 6.45) is -2.26. The van der Waals surface area contributed by atoms with Crippen LogP contribution in [0.4, 0.5) is 13.2 Å². The van der Waals surface area contributed by atoms with Crippen molar-refractivity contribution < 1.29 is 23.1 Å². The minimum absolute atomic E-state index is 0.113. The number of Topliss-reactive ketones (excluding diaryl/α,β-unsaturated/α-hetero) is 1. The third kappa shape index (κ3) is 6.29. The first kappa shape index (κ1) is 23.4. The molecule has 0 amide bonds. The van der Waals surface area contributed by atoms with Crippen LogP contribution in [0.1, 0.15) is 44.9 Å². The van der Waals surface area contributed by atoms with Crippen LogP contribution in [0.2, 0.25) is 4.34 Å². The van der Waals surface area contributed by atoms with E-state index in [0.717, 1.165) is 17.0 Å². The SMILES string of the molecule is CCC(=O)CC(C)(C)O.Cc1nn2ccc(C(F)(F)F)cc2c1-c1ccc(Cl)s1. The zero-order valence-corrected chi connectivity index (χ0v) is 18.0. The van der Waals surface area contributed by atoms with E-state index >= 15 is 0 Å². The summed E-state index contributed by atoms with van der Waals surface area (Å²) in [5.74, 6) is 0.113. The summed E-state index contributed by atoms with van der Waals surface area (Å²) >= 11 is 7.21. The average molecular weight is 447 g/mol. The molecule has 0 aliphatic rings. The van der Waals surface area contributed by atoms with E-state index in [-0.39, 0.29) is 12.2 Å². The molecule has 0 aliphatic carbocycles. The number of aromatic nitrogens is 2. The third-order valence-electron chi connectivity index (χ3n) is 3.98. The number of fused-ring (bicyclic) bond motifs is 1. The number of ketones is 1. The Morgan fingerprint density at radius 3 is 2.38 bits per heavy atom. The monoisotopic (exact) mass is 446 g/mol. The topological polar surface area (TPSA) is 54.6 Å². The molecule has 0 aromatic carbocycles. The highest BCUT2D eigenvalue weighted by Gasteiger charge is 2.31. The Morgan fingerprint density at radius 2 is 1.93 bits per heavy atom. The van der Waals surface area contributed by atoms with Crippen LogP contribution in [-0.4, -0.2) is 26.1 Å². The number of pyridine rings is 1. The fourth-order valence-electron chi connectivity index (χ4n) is 2.70.